The second kappa shape index (κ2) is 8.34. The topological polar surface area (TPSA) is 15.3 Å². The van der Waals surface area contributed by atoms with Gasteiger partial charge in [0, 0.05) is 19.1 Å². The van der Waals surface area contributed by atoms with Crippen LogP contribution in [0.2, 0.25) is 0 Å². The molecule has 0 saturated heterocycles. The third kappa shape index (κ3) is 5.33. The average molecular weight is 262 g/mol. The third-order valence-electron chi connectivity index (χ3n) is 3.95. The summed E-state index contributed by atoms with van der Waals surface area (Å²) >= 11 is 0. The van der Waals surface area contributed by atoms with Gasteiger partial charge in [0.25, 0.3) is 0 Å². The van der Waals surface area contributed by atoms with Crippen molar-refractivity contribution in [1.29, 1.82) is 0 Å². The van der Waals surface area contributed by atoms with Crippen molar-refractivity contribution in [3.8, 4) is 0 Å². The van der Waals surface area contributed by atoms with Crippen LogP contribution in [0.15, 0.2) is 24.3 Å². The summed E-state index contributed by atoms with van der Waals surface area (Å²) in [5.41, 5.74) is 2.79. The number of hydrogen-bond donors (Lipinski definition) is 1. The van der Waals surface area contributed by atoms with Gasteiger partial charge in [-0.25, -0.2) is 0 Å². The van der Waals surface area contributed by atoms with Gasteiger partial charge in [-0.2, -0.15) is 0 Å². The highest BCUT2D eigenvalue weighted by Gasteiger charge is 2.13. The van der Waals surface area contributed by atoms with Crippen molar-refractivity contribution in [1.82, 2.24) is 10.2 Å². The van der Waals surface area contributed by atoms with Crippen molar-refractivity contribution < 1.29 is 0 Å². The van der Waals surface area contributed by atoms with Crippen molar-refractivity contribution in [2.24, 2.45) is 5.92 Å². The van der Waals surface area contributed by atoms with Gasteiger partial charge in [-0.15, -0.1) is 0 Å². The second-order valence-electron chi connectivity index (χ2n) is 5.67. The van der Waals surface area contributed by atoms with Crippen LogP contribution in [0.1, 0.15) is 44.4 Å². The number of nitrogens with one attached hydrogen (secondary N) is 1. The lowest BCUT2D eigenvalue weighted by Gasteiger charge is -2.26. The molecule has 0 radical (unpaired) electrons. The van der Waals surface area contributed by atoms with Gasteiger partial charge < -0.3 is 10.2 Å². The standard InChI is InChI=1S/C17H30N2/c1-6-14(3)12-19(5)13-17(18-4)16-10-8-15(7-2)9-11-16/h8-11,14,17-18H,6-7,12-13H2,1-5H3. The molecule has 0 heterocycles. The van der Waals surface area contributed by atoms with Crippen molar-refractivity contribution in [2.75, 3.05) is 27.2 Å². The number of rotatable bonds is 8. The monoisotopic (exact) mass is 262 g/mol. The molecule has 1 aromatic carbocycles. The molecule has 0 aliphatic rings. The minimum atomic E-state index is 0.417. The van der Waals surface area contributed by atoms with E-state index in [1.165, 1.54) is 24.1 Å². The maximum Gasteiger partial charge on any atom is 0.0446 e. The lowest BCUT2D eigenvalue weighted by Crippen LogP contribution is -2.33. The van der Waals surface area contributed by atoms with Crippen LogP contribution in [0, 0.1) is 5.92 Å². The van der Waals surface area contributed by atoms with Crippen LogP contribution in [-0.2, 0) is 6.42 Å². The highest BCUT2D eigenvalue weighted by molar-refractivity contribution is 5.25. The van der Waals surface area contributed by atoms with Gasteiger partial charge in [-0.1, -0.05) is 51.5 Å². The summed E-state index contributed by atoms with van der Waals surface area (Å²) in [7, 11) is 4.27. The molecule has 0 aliphatic carbocycles. The number of benzene rings is 1. The Labute approximate surface area is 119 Å². The first-order chi connectivity index (χ1) is 9.10. The van der Waals surface area contributed by atoms with E-state index in [0.29, 0.717) is 6.04 Å². The quantitative estimate of drug-likeness (QED) is 0.771. The molecule has 2 atom stereocenters. The van der Waals surface area contributed by atoms with Crippen molar-refractivity contribution in [3.05, 3.63) is 35.4 Å². The van der Waals surface area contributed by atoms with E-state index in [0.717, 1.165) is 18.9 Å². The van der Waals surface area contributed by atoms with Gasteiger partial charge in [0.2, 0.25) is 0 Å². The molecule has 19 heavy (non-hydrogen) atoms. The molecule has 1 aromatic rings. The van der Waals surface area contributed by atoms with Gasteiger partial charge in [0.15, 0.2) is 0 Å². The summed E-state index contributed by atoms with van der Waals surface area (Å²) in [6, 6.07) is 9.43. The Morgan fingerprint density at radius 2 is 1.74 bits per heavy atom. The highest BCUT2D eigenvalue weighted by atomic mass is 15.1. The smallest absolute Gasteiger partial charge is 0.0446 e. The first-order valence-corrected chi connectivity index (χ1v) is 7.55. The Balaban J connectivity index is 2.61. The molecular weight excluding hydrogens is 232 g/mol. The van der Waals surface area contributed by atoms with Crippen LogP contribution in [0.4, 0.5) is 0 Å². The Morgan fingerprint density at radius 3 is 2.21 bits per heavy atom. The fourth-order valence-corrected chi connectivity index (χ4v) is 2.40. The fourth-order valence-electron chi connectivity index (χ4n) is 2.40. The molecule has 2 heteroatoms. The van der Waals surface area contributed by atoms with E-state index in [4.69, 9.17) is 0 Å². The average Bonchev–Trinajstić information content (AvgIpc) is 2.44. The van der Waals surface area contributed by atoms with Crippen LogP contribution in [0.5, 0.6) is 0 Å². The Hall–Kier alpha value is -0.860. The second-order valence-corrected chi connectivity index (χ2v) is 5.67. The SMILES string of the molecule is CCc1ccc(C(CN(C)CC(C)CC)NC)cc1. The van der Waals surface area contributed by atoms with E-state index in [2.05, 4.69) is 69.3 Å². The molecule has 0 aromatic heterocycles. The maximum absolute atomic E-state index is 3.44. The van der Waals surface area contributed by atoms with E-state index in [-0.39, 0.29) is 0 Å². The number of nitrogens with zero attached hydrogens (tertiary/aromatic N) is 1. The zero-order valence-corrected chi connectivity index (χ0v) is 13.2. The van der Waals surface area contributed by atoms with Crippen LogP contribution < -0.4 is 5.32 Å². The van der Waals surface area contributed by atoms with Crippen LogP contribution in [0.25, 0.3) is 0 Å². The predicted molar refractivity (Wildman–Crippen MR) is 84.6 cm³/mol. The number of hydrogen-bond acceptors (Lipinski definition) is 2. The van der Waals surface area contributed by atoms with Crippen molar-refractivity contribution in [2.45, 2.75) is 39.7 Å². The highest BCUT2D eigenvalue weighted by Crippen LogP contribution is 2.16. The van der Waals surface area contributed by atoms with Gasteiger partial charge in [-0.3, -0.25) is 0 Å². The van der Waals surface area contributed by atoms with Crippen LogP contribution in [-0.4, -0.2) is 32.1 Å². The van der Waals surface area contributed by atoms with Gasteiger partial charge in [0.05, 0.1) is 0 Å². The van der Waals surface area contributed by atoms with E-state index in [1.807, 2.05) is 0 Å². The summed E-state index contributed by atoms with van der Waals surface area (Å²) in [5.74, 6) is 0.768. The molecule has 1 rings (SSSR count). The van der Waals surface area contributed by atoms with Crippen LogP contribution >= 0.6 is 0 Å². The first-order valence-electron chi connectivity index (χ1n) is 7.55. The summed E-state index contributed by atoms with van der Waals surface area (Å²) in [6.45, 7) is 9.01. The summed E-state index contributed by atoms with van der Waals surface area (Å²) in [6.07, 6.45) is 2.36. The third-order valence-corrected chi connectivity index (χ3v) is 3.95. The summed E-state index contributed by atoms with van der Waals surface area (Å²) in [4.78, 5) is 2.43. The predicted octanol–water partition coefficient (Wildman–Crippen LogP) is 3.49. The molecule has 0 bridgehead atoms. The summed E-state index contributed by atoms with van der Waals surface area (Å²) < 4.78 is 0. The molecule has 0 aliphatic heterocycles. The molecular formula is C17H30N2. The van der Waals surface area contributed by atoms with Crippen molar-refractivity contribution in [3.63, 3.8) is 0 Å². The zero-order chi connectivity index (χ0) is 14.3. The molecule has 1 N–H and O–H groups in total. The minimum absolute atomic E-state index is 0.417. The van der Waals surface area contributed by atoms with Gasteiger partial charge >= 0.3 is 0 Å². The Bertz CT molecular complexity index is 345. The van der Waals surface area contributed by atoms with Gasteiger partial charge in [0.1, 0.15) is 0 Å². The van der Waals surface area contributed by atoms with Gasteiger partial charge in [-0.05, 0) is 37.6 Å². The lowest BCUT2D eigenvalue weighted by molar-refractivity contribution is 0.256. The molecule has 0 spiro atoms. The molecule has 0 saturated carbocycles. The number of aryl methyl sites for hydroxylation is 1. The normalized spacial score (nSPS) is 14.6. The molecule has 0 amide bonds. The minimum Gasteiger partial charge on any atom is -0.312 e. The van der Waals surface area contributed by atoms with E-state index < -0.39 is 0 Å². The Kier molecular flexibility index (Phi) is 7.11. The van der Waals surface area contributed by atoms with E-state index in [1.54, 1.807) is 0 Å². The van der Waals surface area contributed by atoms with E-state index in [9.17, 15) is 0 Å². The zero-order valence-electron chi connectivity index (χ0n) is 13.2. The summed E-state index contributed by atoms with van der Waals surface area (Å²) in [5, 5.41) is 3.44. The van der Waals surface area contributed by atoms with Crippen molar-refractivity contribution >= 4 is 0 Å². The molecule has 2 unspecified atom stereocenters. The van der Waals surface area contributed by atoms with E-state index >= 15 is 0 Å². The first kappa shape index (κ1) is 16.2. The largest absolute Gasteiger partial charge is 0.312 e. The maximum atomic E-state index is 3.44. The van der Waals surface area contributed by atoms with Crippen LogP contribution in [0.3, 0.4) is 0 Å². The fraction of sp³-hybridized carbons (Fsp3) is 0.647. The molecule has 108 valence electrons. The number of likely N-dealkylation sites (N-methyl/N-ethyl adjacent to an activating group) is 2. The Morgan fingerprint density at radius 1 is 1.11 bits per heavy atom. The lowest BCUT2D eigenvalue weighted by atomic mass is 10.0. The molecule has 0 fully saturated rings. The molecule has 2 nitrogen and oxygen atoms in total.